The second-order valence-electron chi connectivity index (χ2n) is 8.14. The highest BCUT2D eigenvalue weighted by Gasteiger charge is 2.30. The molecule has 1 fully saturated rings. The highest BCUT2D eigenvalue weighted by Crippen LogP contribution is 2.30. The van der Waals surface area contributed by atoms with Gasteiger partial charge in [-0.3, -0.25) is 0 Å². The van der Waals surface area contributed by atoms with Gasteiger partial charge in [0.15, 0.2) is 0 Å². The Balaban J connectivity index is 1.61. The van der Waals surface area contributed by atoms with E-state index in [9.17, 15) is 8.42 Å². The summed E-state index contributed by atoms with van der Waals surface area (Å²) in [4.78, 5) is 11.6. The van der Waals surface area contributed by atoms with Gasteiger partial charge in [0.1, 0.15) is 16.5 Å². The first kappa shape index (κ1) is 24.0. The average Bonchev–Trinajstić information content (AvgIpc) is 3.04. The Kier molecular flexibility index (Phi) is 7.24. The van der Waals surface area contributed by atoms with Gasteiger partial charge in [-0.15, -0.1) is 0 Å². The third kappa shape index (κ3) is 5.32. The zero-order valence-electron chi connectivity index (χ0n) is 18.6. The summed E-state index contributed by atoms with van der Waals surface area (Å²) in [6.07, 6.45) is 1.39. The molecule has 0 unspecified atom stereocenters. The lowest BCUT2D eigenvalue weighted by molar-refractivity contribution is 0.433. The summed E-state index contributed by atoms with van der Waals surface area (Å²) in [6, 6.07) is 14.7. The SMILES string of the molecule is Cc1nc(C)c(Cc2ccccc2)c(N2CCCN(S(=O)(=O)c3cc(Cl)ccc3Cl)CC2)n1. The number of sulfonamides is 1. The van der Waals surface area contributed by atoms with E-state index in [-0.39, 0.29) is 9.92 Å². The van der Waals surface area contributed by atoms with Crippen molar-refractivity contribution >= 4 is 39.0 Å². The summed E-state index contributed by atoms with van der Waals surface area (Å²) in [5, 5.41) is 0.514. The van der Waals surface area contributed by atoms with E-state index in [1.54, 1.807) is 6.07 Å². The molecule has 33 heavy (non-hydrogen) atoms. The van der Waals surface area contributed by atoms with Crippen LogP contribution in [0.3, 0.4) is 0 Å². The summed E-state index contributed by atoms with van der Waals surface area (Å²) in [7, 11) is -3.76. The largest absolute Gasteiger partial charge is 0.355 e. The maximum absolute atomic E-state index is 13.3. The maximum Gasteiger partial charge on any atom is 0.244 e. The number of rotatable bonds is 5. The molecule has 1 aliphatic heterocycles. The Morgan fingerprint density at radius 2 is 1.70 bits per heavy atom. The van der Waals surface area contributed by atoms with Crippen molar-refractivity contribution in [2.75, 3.05) is 31.1 Å². The average molecular weight is 505 g/mol. The van der Waals surface area contributed by atoms with E-state index < -0.39 is 10.0 Å². The van der Waals surface area contributed by atoms with Crippen molar-refractivity contribution in [3.8, 4) is 0 Å². The van der Waals surface area contributed by atoms with Crippen molar-refractivity contribution in [2.45, 2.75) is 31.6 Å². The fourth-order valence-electron chi connectivity index (χ4n) is 4.15. The highest BCUT2D eigenvalue weighted by molar-refractivity contribution is 7.89. The molecular weight excluding hydrogens is 479 g/mol. The Labute approximate surface area is 205 Å². The van der Waals surface area contributed by atoms with Crippen molar-refractivity contribution in [3.05, 3.63) is 81.2 Å². The second-order valence-corrected chi connectivity index (χ2v) is 10.9. The van der Waals surface area contributed by atoms with E-state index in [2.05, 4.69) is 22.0 Å². The molecule has 1 aromatic heterocycles. The van der Waals surface area contributed by atoms with Crippen LogP contribution in [0.5, 0.6) is 0 Å². The molecule has 0 N–H and O–H groups in total. The fraction of sp³-hybridized carbons (Fsp3) is 0.333. The molecule has 0 saturated carbocycles. The predicted molar refractivity (Wildman–Crippen MR) is 133 cm³/mol. The lowest BCUT2D eigenvalue weighted by Gasteiger charge is -2.26. The Hall–Kier alpha value is -2.19. The summed E-state index contributed by atoms with van der Waals surface area (Å²) in [5.41, 5.74) is 3.20. The lowest BCUT2D eigenvalue weighted by atomic mass is 10.0. The van der Waals surface area contributed by atoms with E-state index >= 15 is 0 Å². The van der Waals surface area contributed by atoms with Gasteiger partial charge in [0.25, 0.3) is 0 Å². The molecule has 174 valence electrons. The van der Waals surface area contributed by atoms with Crippen LogP contribution in [0.15, 0.2) is 53.4 Å². The Bertz CT molecular complexity index is 1250. The molecule has 0 bridgehead atoms. The number of anilines is 1. The standard InChI is InChI=1S/C24H26Cl2N4O2S/c1-17-21(15-19-7-4-3-5-8-19)24(28-18(2)27-17)29-11-6-12-30(14-13-29)33(31,32)23-16-20(25)9-10-22(23)26/h3-5,7-10,16H,6,11-15H2,1-2H3. The number of aryl methyl sites for hydroxylation is 2. The monoisotopic (exact) mass is 504 g/mol. The molecule has 0 aliphatic carbocycles. The van der Waals surface area contributed by atoms with Crippen LogP contribution >= 0.6 is 23.2 Å². The normalized spacial score (nSPS) is 15.5. The van der Waals surface area contributed by atoms with E-state index in [0.29, 0.717) is 43.4 Å². The van der Waals surface area contributed by atoms with Crippen molar-refractivity contribution in [1.29, 1.82) is 0 Å². The van der Waals surface area contributed by atoms with E-state index in [1.165, 1.54) is 22.0 Å². The number of hydrogen-bond donors (Lipinski definition) is 0. The molecule has 2 heterocycles. The third-order valence-electron chi connectivity index (χ3n) is 5.79. The van der Waals surface area contributed by atoms with E-state index in [0.717, 1.165) is 23.5 Å². The zero-order chi connectivity index (χ0) is 23.6. The number of halogens is 2. The zero-order valence-corrected chi connectivity index (χ0v) is 21.0. The van der Waals surface area contributed by atoms with Gasteiger partial charge < -0.3 is 4.90 Å². The summed E-state index contributed by atoms with van der Waals surface area (Å²) in [6.45, 7) is 5.85. The minimum atomic E-state index is -3.76. The van der Waals surface area contributed by atoms with Gasteiger partial charge in [-0.05, 0) is 44.0 Å². The topological polar surface area (TPSA) is 66.4 Å². The molecule has 3 aromatic rings. The van der Waals surface area contributed by atoms with Crippen LogP contribution in [-0.2, 0) is 16.4 Å². The van der Waals surface area contributed by atoms with Crippen LogP contribution in [0.1, 0.15) is 29.1 Å². The lowest BCUT2D eigenvalue weighted by Crippen LogP contribution is -2.36. The first-order chi connectivity index (χ1) is 15.8. The molecule has 6 nitrogen and oxygen atoms in total. The number of hydrogen-bond acceptors (Lipinski definition) is 5. The first-order valence-corrected chi connectivity index (χ1v) is 13.0. The van der Waals surface area contributed by atoms with Crippen molar-refractivity contribution in [3.63, 3.8) is 0 Å². The maximum atomic E-state index is 13.3. The van der Waals surface area contributed by atoms with Crippen LogP contribution in [0.4, 0.5) is 5.82 Å². The van der Waals surface area contributed by atoms with Crippen LogP contribution in [-0.4, -0.2) is 48.9 Å². The molecule has 9 heteroatoms. The van der Waals surface area contributed by atoms with E-state index in [1.807, 2.05) is 32.0 Å². The van der Waals surface area contributed by atoms with Crippen LogP contribution < -0.4 is 4.90 Å². The van der Waals surface area contributed by atoms with Gasteiger partial charge in [0.05, 0.1) is 5.02 Å². The quantitative estimate of drug-likeness (QED) is 0.494. The molecule has 0 amide bonds. The summed E-state index contributed by atoms with van der Waals surface area (Å²) < 4.78 is 28.1. The number of benzene rings is 2. The third-order valence-corrected chi connectivity index (χ3v) is 8.41. The molecule has 1 aliphatic rings. The summed E-state index contributed by atoms with van der Waals surface area (Å²) >= 11 is 12.3. The van der Waals surface area contributed by atoms with Gasteiger partial charge in [-0.1, -0.05) is 53.5 Å². The molecule has 2 aromatic carbocycles. The first-order valence-electron chi connectivity index (χ1n) is 10.8. The Morgan fingerprint density at radius 1 is 0.939 bits per heavy atom. The fourth-order valence-corrected chi connectivity index (χ4v) is 6.35. The molecule has 0 atom stereocenters. The minimum absolute atomic E-state index is 0.0450. The van der Waals surface area contributed by atoms with Crippen LogP contribution in [0, 0.1) is 13.8 Å². The Morgan fingerprint density at radius 3 is 2.45 bits per heavy atom. The smallest absolute Gasteiger partial charge is 0.244 e. The van der Waals surface area contributed by atoms with Crippen molar-refractivity contribution in [1.82, 2.24) is 14.3 Å². The molecule has 0 radical (unpaired) electrons. The van der Waals surface area contributed by atoms with Gasteiger partial charge in [0, 0.05) is 48.9 Å². The predicted octanol–water partition coefficient (Wildman–Crippen LogP) is 4.89. The van der Waals surface area contributed by atoms with Crippen molar-refractivity contribution in [2.24, 2.45) is 0 Å². The van der Waals surface area contributed by atoms with Gasteiger partial charge in [-0.2, -0.15) is 4.31 Å². The van der Waals surface area contributed by atoms with Gasteiger partial charge >= 0.3 is 0 Å². The molecule has 1 saturated heterocycles. The molecule has 4 rings (SSSR count). The number of nitrogens with zero attached hydrogens (tertiary/aromatic N) is 4. The van der Waals surface area contributed by atoms with Gasteiger partial charge in [0.2, 0.25) is 10.0 Å². The van der Waals surface area contributed by atoms with E-state index in [4.69, 9.17) is 28.2 Å². The minimum Gasteiger partial charge on any atom is -0.355 e. The molecular formula is C24H26Cl2N4O2S. The van der Waals surface area contributed by atoms with Gasteiger partial charge in [-0.25, -0.2) is 18.4 Å². The number of aromatic nitrogens is 2. The van der Waals surface area contributed by atoms with Crippen LogP contribution in [0.25, 0.3) is 0 Å². The second kappa shape index (κ2) is 9.97. The van der Waals surface area contributed by atoms with Crippen molar-refractivity contribution < 1.29 is 8.42 Å². The molecule has 0 spiro atoms. The highest BCUT2D eigenvalue weighted by atomic mass is 35.5. The van der Waals surface area contributed by atoms with Crippen LogP contribution in [0.2, 0.25) is 10.0 Å². The summed E-state index contributed by atoms with van der Waals surface area (Å²) in [5.74, 6) is 1.59.